The average molecular weight is 298 g/mol. The maximum atomic E-state index is 12.2. The maximum absolute atomic E-state index is 12.2. The fourth-order valence-corrected chi connectivity index (χ4v) is 3.58. The van der Waals surface area contributed by atoms with Crippen molar-refractivity contribution >= 4 is 5.97 Å². The Balaban J connectivity index is 1.91. The van der Waals surface area contributed by atoms with Gasteiger partial charge in [-0.05, 0) is 38.3 Å². The van der Waals surface area contributed by atoms with Crippen molar-refractivity contribution in [1.82, 2.24) is 10.2 Å². The zero-order chi connectivity index (χ0) is 15.3. The Morgan fingerprint density at radius 3 is 2.71 bits per heavy atom. The van der Waals surface area contributed by atoms with Gasteiger partial charge in [0.25, 0.3) is 0 Å². The molecular formula is C16H30N2O3. The number of rotatable bonds is 5. The van der Waals surface area contributed by atoms with E-state index in [1.807, 2.05) is 0 Å². The Hall–Kier alpha value is -0.650. The Bertz CT molecular complexity index is 342. The summed E-state index contributed by atoms with van der Waals surface area (Å²) < 4.78 is 10.5. The molecule has 2 unspecified atom stereocenters. The van der Waals surface area contributed by atoms with Crippen LogP contribution in [0, 0.1) is 11.3 Å². The quantitative estimate of drug-likeness (QED) is 0.775. The Morgan fingerprint density at radius 1 is 1.43 bits per heavy atom. The largest absolute Gasteiger partial charge is 0.469 e. The molecule has 122 valence electrons. The van der Waals surface area contributed by atoms with E-state index >= 15 is 0 Å². The normalized spacial score (nSPS) is 30.0. The highest BCUT2D eigenvalue weighted by atomic mass is 16.5. The summed E-state index contributed by atoms with van der Waals surface area (Å²) >= 11 is 0. The van der Waals surface area contributed by atoms with Crippen LogP contribution in [0.5, 0.6) is 0 Å². The van der Waals surface area contributed by atoms with Crippen molar-refractivity contribution in [3.8, 4) is 0 Å². The first-order valence-corrected chi connectivity index (χ1v) is 8.23. The number of esters is 1. The third kappa shape index (κ3) is 3.96. The molecule has 5 heteroatoms. The van der Waals surface area contributed by atoms with E-state index in [2.05, 4.69) is 24.1 Å². The molecule has 0 aromatic heterocycles. The molecule has 2 rings (SSSR count). The number of ether oxygens (including phenoxy) is 2. The Labute approximate surface area is 128 Å². The third-order valence-electron chi connectivity index (χ3n) is 5.21. The van der Waals surface area contributed by atoms with E-state index in [1.165, 1.54) is 7.11 Å². The van der Waals surface area contributed by atoms with Crippen LogP contribution in [0.4, 0.5) is 0 Å². The number of likely N-dealkylation sites (tertiary alicyclic amines) is 1. The highest BCUT2D eigenvalue weighted by Gasteiger charge is 2.41. The first kappa shape index (κ1) is 16.7. The van der Waals surface area contributed by atoms with E-state index in [0.29, 0.717) is 31.7 Å². The van der Waals surface area contributed by atoms with Crippen LogP contribution in [-0.4, -0.2) is 63.4 Å². The van der Waals surface area contributed by atoms with E-state index in [9.17, 15) is 4.79 Å². The van der Waals surface area contributed by atoms with Crippen molar-refractivity contribution in [2.45, 2.75) is 39.2 Å². The van der Waals surface area contributed by atoms with Gasteiger partial charge in [0, 0.05) is 32.3 Å². The second-order valence-electron chi connectivity index (χ2n) is 6.53. The van der Waals surface area contributed by atoms with Crippen LogP contribution in [0.3, 0.4) is 0 Å². The molecule has 0 aromatic carbocycles. The van der Waals surface area contributed by atoms with Gasteiger partial charge in [0.1, 0.15) is 0 Å². The summed E-state index contributed by atoms with van der Waals surface area (Å²) in [5, 5.41) is 3.66. The predicted octanol–water partition coefficient (Wildman–Crippen LogP) is 1.28. The molecule has 5 nitrogen and oxygen atoms in total. The second-order valence-corrected chi connectivity index (χ2v) is 6.53. The minimum Gasteiger partial charge on any atom is -0.469 e. The molecule has 0 aliphatic carbocycles. The topological polar surface area (TPSA) is 50.8 Å². The van der Waals surface area contributed by atoms with Crippen LogP contribution >= 0.6 is 0 Å². The number of carbonyl (C=O) groups is 1. The van der Waals surface area contributed by atoms with Crippen LogP contribution in [-0.2, 0) is 14.3 Å². The molecule has 0 aromatic rings. The minimum atomic E-state index is -0.394. The summed E-state index contributed by atoms with van der Waals surface area (Å²) in [6, 6.07) is 0.497. The molecule has 0 radical (unpaired) electrons. The molecule has 21 heavy (non-hydrogen) atoms. The van der Waals surface area contributed by atoms with Gasteiger partial charge in [-0.2, -0.15) is 0 Å². The first-order valence-electron chi connectivity index (χ1n) is 8.23. The van der Waals surface area contributed by atoms with Crippen LogP contribution in [0.1, 0.15) is 33.1 Å². The number of hydrogen-bond acceptors (Lipinski definition) is 5. The highest BCUT2D eigenvalue weighted by Crippen LogP contribution is 2.32. The zero-order valence-electron chi connectivity index (χ0n) is 13.7. The summed E-state index contributed by atoms with van der Waals surface area (Å²) in [5.41, 5.74) is -0.394. The monoisotopic (exact) mass is 298 g/mol. The van der Waals surface area contributed by atoms with E-state index in [0.717, 1.165) is 38.9 Å². The minimum absolute atomic E-state index is 0.0862. The molecule has 2 atom stereocenters. The number of nitrogens with zero attached hydrogens (tertiary/aromatic N) is 1. The molecule has 0 spiro atoms. The van der Waals surface area contributed by atoms with Gasteiger partial charge in [0.05, 0.1) is 12.5 Å². The van der Waals surface area contributed by atoms with Crippen LogP contribution in [0.25, 0.3) is 0 Å². The van der Waals surface area contributed by atoms with Crippen LogP contribution in [0.2, 0.25) is 0 Å². The zero-order valence-corrected chi connectivity index (χ0v) is 13.7. The fraction of sp³-hybridized carbons (Fsp3) is 0.938. The number of nitrogens with one attached hydrogen (secondary N) is 1. The van der Waals surface area contributed by atoms with E-state index in [4.69, 9.17) is 9.47 Å². The molecule has 2 aliphatic heterocycles. The summed E-state index contributed by atoms with van der Waals surface area (Å²) in [7, 11) is 1.49. The van der Waals surface area contributed by atoms with E-state index < -0.39 is 5.41 Å². The van der Waals surface area contributed by atoms with Crippen molar-refractivity contribution in [2.75, 3.05) is 46.5 Å². The molecule has 2 fully saturated rings. The van der Waals surface area contributed by atoms with E-state index in [-0.39, 0.29) is 5.97 Å². The van der Waals surface area contributed by atoms with Gasteiger partial charge in [-0.25, -0.2) is 0 Å². The molecular weight excluding hydrogens is 268 g/mol. The predicted molar refractivity (Wildman–Crippen MR) is 82.2 cm³/mol. The number of carbonyl (C=O) groups excluding carboxylic acids is 1. The van der Waals surface area contributed by atoms with Gasteiger partial charge in [0.15, 0.2) is 0 Å². The lowest BCUT2D eigenvalue weighted by molar-refractivity contribution is -0.158. The fourth-order valence-electron chi connectivity index (χ4n) is 3.58. The van der Waals surface area contributed by atoms with Crippen LogP contribution in [0.15, 0.2) is 0 Å². The maximum Gasteiger partial charge on any atom is 0.313 e. The molecule has 2 heterocycles. The molecule has 1 N–H and O–H groups in total. The SMILES string of the molecule is CCN1CCC(NCC2(C(=O)OC)CCOCC2)C(C)C1. The summed E-state index contributed by atoms with van der Waals surface area (Å²) in [5.74, 6) is 0.533. The van der Waals surface area contributed by atoms with Gasteiger partial charge in [0.2, 0.25) is 0 Å². The van der Waals surface area contributed by atoms with Gasteiger partial charge >= 0.3 is 5.97 Å². The lowest BCUT2D eigenvalue weighted by Crippen LogP contribution is -2.53. The van der Waals surface area contributed by atoms with Crippen molar-refractivity contribution in [3.05, 3.63) is 0 Å². The van der Waals surface area contributed by atoms with Crippen molar-refractivity contribution in [2.24, 2.45) is 11.3 Å². The molecule has 2 aliphatic rings. The molecule has 0 saturated carbocycles. The Kier molecular flexibility index (Phi) is 6.02. The number of hydrogen-bond donors (Lipinski definition) is 1. The highest BCUT2D eigenvalue weighted by molar-refractivity contribution is 5.77. The lowest BCUT2D eigenvalue weighted by Gasteiger charge is -2.40. The van der Waals surface area contributed by atoms with Crippen molar-refractivity contribution < 1.29 is 14.3 Å². The third-order valence-corrected chi connectivity index (χ3v) is 5.21. The molecule has 0 amide bonds. The Morgan fingerprint density at radius 2 is 2.14 bits per heavy atom. The number of piperidine rings is 1. The van der Waals surface area contributed by atoms with Gasteiger partial charge in [-0.1, -0.05) is 13.8 Å². The standard InChI is InChI=1S/C16H30N2O3/c1-4-18-8-5-14(13(2)11-18)17-12-16(15(19)20-3)6-9-21-10-7-16/h13-14,17H,4-12H2,1-3H3. The molecule has 0 bridgehead atoms. The lowest BCUT2D eigenvalue weighted by atomic mass is 9.79. The first-order chi connectivity index (χ1) is 10.1. The van der Waals surface area contributed by atoms with Gasteiger partial charge < -0.3 is 19.7 Å². The second kappa shape index (κ2) is 7.56. The number of methoxy groups -OCH3 is 1. The van der Waals surface area contributed by atoms with Crippen molar-refractivity contribution in [1.29, 1.82) is 0 Å². The van der Waals surface area contributed by atoms with E-state index in [1.54, 1.807) is 0 Å². The average Bonchev–Trinajstić information content (AvgIpc) is 2.53. The smallest absolute Gasteiger partial charge is 0.313 e. The summed E-state index contributed by atoms with van der Waals surface area (Å²) in [6.45, 7) is 9.95. The van der Waals surface area contributed by atoms with Crippen LogP contribution < -0.4 is 5.32 Å². The van der Waals surface area contributed by atoms with Gasteiger partial charge in [-0.3, -0.25) is 4.79 Å². The molecule has 2 saturated heterocycles. The van der Waals surface area contributed by atoms with Gasteiger partial charge in [-0.15, -0.1) is 0 Å². The van der Waals surface area contributed by atoms with Crippen molar-refractivity contribution in [3.63, 3.8) is 0 Å². The summed E-state index contributed by atoms with van der Waals surface area (Å²) in [4.78, 5) is 14.7. The summed E-state index contributed by atoms with van der Waals surface area (Å²) in [6.07, 6.45) is 2.67.